The number of nitrogens with zero attached hydrogens (tertiary/aromatic N) is 1. The molecule has 2 aromatic rings. The summed E-state index contributed by atoms with van der Waals surface area (Å²) in [6.45, 7) is 9.50. The van der Waals surface area contributed by atoms with Crippen molar-refractivity contribution in [1.29, 1.82) is 0 Å². The molecule has 2 amide bonds. The van der Waals surface area contributed by atoms with Crippen LogP contribution in [0.4, 0.5) is 0 Å². The Morgan fingerprint density at radius 3 is 1.94 bits per heavy atom. The normalized spacial score (nSPS) is 11.4. The molecule has 0 saturated carbocycles. The zero-order valence-electron chi connectivity index (χ0n) is 21.7. The Hall–Kier alpha value is -4.37. The second-order valence-electron chi connectivity index (χ2n) is 6.95. The third-order valence-electron chi connectivity index (χ3n) is 4.42. The van der Waals surface area contributed by atoms with E-state index in [-0.39, 0.29) is 24.2 Å². The highest BCUT2D eigenvalue weighted by Crippen LogP contribution is 2.04. The molecule has 0 unspecified atom stereocenters. The van der Waals surface area contributed by atoms with Gasteiger partial charge < -0.3 is 27.6 Å². The van der Waals surface area contributed by atoms with E-state index < -0.39 is 0 Å². The second-order valence-corrected chi connectivity index (χ2v) is 6.95. The van der Waals surface area contributed by atoms with E-state index >= 15 is 0 Å². The molecule has 9 nitrogen and oxygen atoms in total. The van der Waals surface area contributed by atoms with E-state index in [0.29, 0.717) is 22.5 Å². The zero-order valence-corrected chi connectivity index (χ0v) is 21.7. The Bertz CT molecular complexity index is 1040. The summed E-state index contributed by atoms with van der Waals surface area (Å²) >= 11 is 0. The van der Waals surface area contributed by atoms with Crippen molar-refractivity contribution in [3.05, 3.63) is 107 Å². The summed E-state index contributed by atoms with van der Waals surface area (Å²) in [6, 6.07) is 16.7. The first-order valence-electron chi connectivity index (χ1n) is 11.5. The number of hydrogen-bond acceptors (Lipinski definition) is 6. The van der Waals surface area contributed by atoms with Gasteiger partial charge >= 0.3 is 0 Å². The number of benzene rings is 2. The molecular formula is C27H39N7O2. The van der Waals surface area contributed by atoms with Crippen LogP contribution in [0, 0.1) is 6.92 Å². The lowest BCUT2D eigenvalue weighted by Gasteiger charge is -2.08. The van der Waals surface area contributed by atoms with Crippen LogP contribution in [-0.2, 0) is 4.79 Å². The van der Waals surface area contributed by atoms with Gasteiger partial charge in [0.1, 0.15) is 0 Å². The van der Waals surface area contributed by atoms with Crippen LogP contribution >= 0.6 is 0 Å². The number of amides is 2. The number of nitrogens with two attached hydrogens (primary N) is 3. The van der Waals surface area contributed by atoms with Gasteiger partial charge in [0.15, 0.2) is 5.84 Å². The molecule has 0 bridgehead atoms. The Morgan fingerprint density at radius 1 is 0.917 bits per heavy atom. The van der Waals surface area contributed by atoms with E-state index in [1.165, 1.54) is 5.56 Å². The SMILES string of the molecule is CC.C\C=C(N)/C=C\C(=C/C)NC(=O)CNC(=O)c1ccc(/C(=N/N)NN)cc1.Cc1ccccc1. The van der Waals surface area contributed by atoms with Crippen LogP contribution in [0.2, 0.25) is 0 Å². The minimum Gasteiger partial charge on any atom is -0.399 e. The van der Waals surface area contributed by atoms with Crippen molar-refractivity contribution in [3.8, 4) is 0 Å². The molecule has 2 aromatic carbocycles. The van der Waals surface area contributed by atoms with Gasteiger partial charge in [-0.05, 0) is 45.1 Å². The molecular weight excluding hydrogens is 454 g/mol. The summed E-state index contributed by atoms with van der Waals surface area (Å²) < 4.78 is 0. The third kappa shape index (κ3) is 12.8. The van der Waals surface area contributed by atoms with Crippen molar-refractivity contribution in [3.63, 3.8) is 0 Å². The van der Waals surface area contributed by atoms with Gasteiger partial charge in [-0.15, -0.1) is 0 Å². The van der Waals surface area contributed by atoms with Gasteiger partial charge in [0.2, 0.25) is 5.91 Å². The molecule has 9 heteroatoms. The maximum atomic E-state index is 12.1. The summed E-state index contributed by atoms with van der Waals surface area (Å²) in [5, 5.41) is 8.71. The van der Waals surface area contributed by atoms with Gasteiger partial charge in [0, 0.05) is 22.5 Å². The van der Waals surface area contributed by atoms with Crippen LogP contribution in [0.15, 0.2) is 95.4 Å². The topological polar surface area (TPSA) is 161 Å². The van der Waals surface area contributed by atoms with E-state index in [4.69, 9.17) is 17.4 Å². The first-order chi connectivity index (χ1) is 17.3. The molecule has 2 rings (SSSR count). The van der Waals surface area contributed by atoms with E-state index in [2.05, 4.69) is 40.2 Å². The molecule has 0 heterocycles. The molecule has 194 valence electrons. The maximum Gasteiger partial charge on any atom is 0.251 e. The van der Waals surface area contributed by atoms with Crippen molar-refractivity contribution in [2.75, 3.05) is 6.54 Å². The van der Waals surface area contributed by atoms with Crippen molar-refractivity contribution in [2.45, 2.75) is 34.6 Å². The summed E-state index contributed by atoms with van der Waals surface area (Å²) in [5.74, 6) is 10.0. The highest BCUT2D eigenvalue weighted by Gasteiger charge is 2.09. The summed E-state index contributed by atoms with van der Waals surface area (Å²) in [4.78, 5) is 24.1. The standard InChI is InChI=1S/C18H25N7O2.C7H8.C2H6/c1-3-14(19)9-10-15(4-2)23-16(26)11-22-18(27)13-7-5-12(6-8-13)17(24-20)25-21;1-7-5-3-2-4-6-7;1-2/h3-10H,11,19-21H2,1-2H3,(H,22,27)(H,23,26)(H,24,25);2-6H,1H3;1-2H3/b10-9-,14-3+,15-4+;;. The fourth-order valence-corrected chi connectivity index (χ4v) is 2.47. The van der Waals surface area contributed by atoms with Gasteiger partial charge in [-0.25, -0.2) is 5.84 Å². The highest BCUT2D eigenvalue weighted by molar-refractivity contribution is 6.00. The average Bonchev–Trinajstić information content (AvgIpc) is 2.92. The quantitative estimate of drug-likeness (QED) is 0.114. The molecule has 0 atom stereocenters. The molecule has 0 spiro atoms. The molecule has 9 N–H and O–H groups in total. The molecule has 0 aromatic heterocycles. The first kappa shape index (κ1) is 31.6. The van der Waals surface area contributed by atoms with Crippen LogP contribution in [0.5, 0.6) is 0 Å². The Labute approximate surface area is 214 Å². The first-order valence-corrected chi connectivity index (χ1v) is 11.5. The van der Waals surface area contributed by atoms with Crippen LogP contribution in [0.1, 0.15) is 49.2 Å². The number of amidine groups is 1. The van der Waals surface area contributed by atoms with E-state index in [1.807, 2.05) is 39.0 Å². The van der Waals surface area contributed by atoms with Crippen molar-refractivity contribution >= 4 is 17.6 Å². The van der Waals surface area contributed by atoms with Gasteiger partial charge in [-0.1, -0.05) is 74.0 Å². The molecule has 0 fully saturated rings. The largest absolute Gasteiger partial charge is 0.399 e. The Balaban J connectivity index is 0.00000114. The van der Waals surface area contributed by atoms with Crippen molar-refractivity contribution in [2.24, 2.45) is 22.5 Å². The predicted molar refractivity (Wildman–Crippen MR) is 148 cm³/mol. The summed E-state index contributed by atoms with van der Waals surface area (Å²) in [6.07, 6.45) is 6.81. The van der Waals surface area contributed by atoms with Gasteiger partial charge in [0.25, 0.3) is 5.91 Å². The predicted octanol–water partition coefficient (Wildman–Crippen LogP) is 2.96. The van der Waals surface area contributed by atoms with Gasteiger partial charge in [-0.2, -0.15) is 5.10 Å². The lowest BCUT2D eigenvalue weighted by Crippen LogP contribution is -2.36. The monoisotopic (exact) mass is 493 g/mol. The maximum absolute atomic E-state index is 12.1. The second kappa shape index (κ2) is 19.0. The van der Waals surface area contributed by atoms with Crippen LogP contribution < -0.4 is 33.5 Å². The van der Waals surface area contributed by atoms with Crippen LogP contribution in [0.25, 0.3) is 0 Å². The van der Waals surface area contributed by atoms with E-state index in [0.717, 1.165) is 0 Å². The number of hydrazone groups is 1. The summed E-state index contributed by atoms with van der Waals surface area (Å²) in [7, 11) is 0. The number of hydrazine groups is 1. The van der Waals surface area contributed by atoms with Crippen LogP contribution in [-0.4, -0.2) is 24.2 Å². The van der Waals surface area contributed by atoms with Crippen LogP contribution in [0.3, 0.4) is 0 Å². The number of hydrogen-bond donors (Lipinski definition) is 6. The van der Waals surface area contributed by atoms with Crippen molar-refractivity contribution in [1.82, 2.24) is 16.1 Å². The zero-order chi connectivity index (χ0) is 27.3. The number of carbonyl (C=O) groups excluding carboxylic acids is 2. The van der Waals surface area contributed by atoms with E-state index in [9.17, 15) is 9.59 Å². The minimum atomic E-state index is -0.389. The lowest BCUT2D eigenvalue weighted by atomic mass is 10.1. The summed E-state index contributed by atoms with van der Waals surface area (Å²) in [5.41, 5.74) is 11.5. The highest BCUT2D eigenvalue weighted by atomic mass is 16.2. The fourth-order valence-electron chi connectivity index (χ4n) is 2.47. The molecule has 0 saturated heterocycles. The molecule has 0 aliphatic carbocycles. The number of rotatable bonds is 7. The lowest BCUT2D eigenvalue weighted by molar-refractivity contribution is -0.119. The number of allylic oxidation sites excluding steroid dienone is 4. The number of carbonyl (C=O) groups is 2. The Morgan fingerprint density at radius 2 is 1.50 bits per heavy atom. The van der Waals surface area contributed by atoms with Gasteiger partial charge in [0.05, 0.1) is 6.54 Å². The Kier molecular flexibility index (Phi) is 16.7. The van der Waals surface area contributed by atoms with Gasteiger partial charge in [-0.3, -0.25) is 9.59 Å². The molecule has 0 aliphatic rings. The average molecular weight is 494 g/mol. The van der Waals surface area contributed by atoms with E-state index in [1.54, 1.807) is 55.5 Å². The number of aryl methyl sites for hydroxylation is 1. The smallest absolute Gasteiger partial charge is 0.251 e. The van der Waals surface area contributed by atoms with Crippen molar-refractivity contribution < 1.29 is 9.59 Å². The molecule has 0 radical (unpaired) electrons. The molecule has 36 heavy (non-hydrogen) atoms. The molecule has 0 aliphatic heterocycles. The minimum absolute atomic E-state index is 0.176. The number of nitrogens with one attached hydrogen (secondary N) is 3. The fraction of sp³-hybridized carbons (Fsp3) is 0.222. The third-order valence-corrected chi connectivity index (χ3v) is 4.42.